The van der Waals surface area contributed by atoms with Crippen molar-refractivity contribution < 1.29 is 9.59 Å². The van der Waals surface area contributed by atoms with Gasteiger partial charge in [0, 0.05) is 18.7 Å². The van der Waals surface area contributed by atoms with Gasteiger partial charge in [-0.25, -0.2) is 0 Å². The Labute approximate surface area is 139 Å². The first-order valence-corrected chi connectivity index (χ1v) is 8.57. The largest absolute Gasteiger partial charge is 0.341 e. The van der Waals surface area contributed by atoms with Crippen molar-refractivity contribution in [2.24, 2.45) is 5.92 Å². The summed E-state index contributed by atoms with van der Waals surface area (Å²) in [6.45, 7) is 9.59. The molecule has 1 aliphatic rings. The van der Waals surface area contributed by atoms with Crippen LogP contribution in [0.5, 0.6) is 0 Å². The van der Waals surface area contributed by atoms with E-state index in [-0.39, 0.29) is 17.7 Å². The van der Waals surface area contributed by atoms with Gasteiger partial charge in [-0.15, -0.1) is 0 Å². The van der Waals surface area contributed by atoms with Crippen LogP contribution in [0, 0.1) is 19.8 Å². The van der Waals surface area contributed by atoms with Crippen LogP contribution in [0.25, 0.3) is 0 Å². The molecule has 1 saturated heterocycles. The molecule has 1 heterocycles. The second kappa shape index (κ2) is 7.62. The number of amides is 2. The number of nitrogens with one attached hydrogen (secondary N) is 1. The predicted molar refractivity (Wildman–Crippen MR) is 92.4 cm³/mol. The highest BCUT2D eigenvalue weighted by molar-refractivity contribution is 5.97. The molecule has 2 rings (SSSR count). The number of carbonyl (C=O) groups is 2. The number of hydrogen-bond acceptors (Lipinski definition) is 2. The fraction of sp³-hybridized carbons (Fsp3) is 0.579. The Kier molecular flexibility index (Phi) is 5.80. The fourth-order valence-electron chi connectivity index (χ4n) is 2.93. The summed E-state index contributed by atoms with van der Waals surface area (Å²) in [6.07, 6.45) is 3.30. The molecular weight excluding hydrogens is 288 g/mol. The molecule has 1 aromatic rings. The van der Waals surface area contributed by atoms with Gasteiger partial charge in [0.05, 0.1) is 0 Å². The van der Waals surface area contributed by atoms with E-state index in [0.717, 1.165) is 37.1 Å². The van der Waals surface area contributed by atoms with Crippen molar-refractivity contribution in [2.75, 3.05) is 13.1 Å². The van der Waals surface area contributed by atoms with Gasteiger partial charge in [0.25, 0.3) is 5.91 Å². The standard InChI is InChI=1S/C19H28N2O2/c1-13(2)17(19(23)21-10-6-5-7-11-21)20-18(22)16-9-8-14(3)15(4)12-16/h8-9,12-13,17H,5-7,10-11H2,1-4H3,(H,20,22)/t17-/m0/s1. The minimum Gasteiger partial charge on any atom is -0.341 e. The van der Waals surface area contributed by atoms with Crippen LogP contribution < -0.4 is 5.32 Å². The number of nitrogens with zero attached hydrogens (tertiary/aromatic N) is 1. The molecule has 1 aromatic carbocycles. The topological polar surface area (TPSA) is 49.4 Å². The first kappa shape index (κ1) is 17.5. The normalized spacial score (nSPS) is 16.3. The fourth-order valence-corrected chi connectivity index (χ4v) is 2.93. The summed E-state index contributed by atoms with van der Waals surface area (Å²) < 4.78 is 0. The van der Waals surface area contributed by atoms with Crippen LogP contribution in [0.1, 0.15) is 54.6 Å². The highest BCUT2D eigenvalue weighted by Crippen LogP contribution is 2.15. The molecule has 23 heavy (non-hydrogen) atoms. The molecule has 2 amide bonds. The molecule has 0 saturated carbocycles. The average molecular weight is 316 g/mol. The molecule has 126 valence electrons. The summed E-state index contributed by atoms with van der Waals surface area (Å²) >= 11 is 0. The van der Waals surface area contributed by atoms with E-state index in [2.05, 4.69) is 5.32 Å². The van der Waals surface area contributed by atoms with Crippen molar-refractivity contribution in [3.05, 3.63) is 34.9 Å². The van der Waals surface area contributed by atoms with Gasteiger partial charge < -0.3 is 10.2 Å². The number of aryl methyl sites for hydroxylation is 2. The average Bonchev–Trinajstić information content (AvgIpc) is 2.54. The molecule has 0 spiro atoms. The number of likely N-dealkylation sites (tertiary alicyclic amines) is 1. The summed E-state index contributed by atoms with van der Waals surface area (Å²) in [4.78, 5) is 27.2. The van der Waals surface area contributed by atoms with Crippen LogP contribution in [0.2, 0.25) is 0 Å². The van der Waals surface area contributed by atoms with Crippen molar-refractivity contribution in [3.8, 4) is 0 Å². The molecular formula is C19H28N2O2. The maximum absolute atomic E-state index is 12.7. The molecule has 0 aromatic heterocycles. The van der Waals surface area contributed by atoms with E-state index in [1.807, 2.05) is 50.8 Å². The van der Waals surface area contributed by atoms with E-state index in [9.17, 15) is 9.59 Å². The minimum atomic E-state index is -0.456. The first-order valence-electron chi connectivity index (χ1n) is 8.57. The van der Waals surface area contributed by atoms with Gasteiger partial charge in [-0.3, -0.25) is 9.59 Å². The van der Waals surface area contributed by atoms with E-state index in [4.69, 9.17) is 0 Å². The highest BCUT2D eigenvalue weighted by atomic mass is 16.2. The molecule has 1 atom stereocenters. The Balaban J connectivity index is 2.10. The smallest absolute Gasteiger partial charge is 0.251 e. The molecule has 0 unspecified atom stereocenters. The lowest BCUT2D eigenvalue weighted by Gasteiger charge is -2.32. The number of carbonyl (C=O) groups excluding carboxylic acids is 2. The Morgan fingerprint density at radius 3 is 2.26 bits per heavy atom. The monoisotopic (exact) mass is 316 g/mol. The molecule has 4 heteroatoms. The molecule has 1 aliphatic heterocycles. The van der Waals surface area contributed by atoms with Crippen molar-refractivity contribution >= 4 is 11.8 Å². The summed E-state index contributed by atoms with van der Waals surface area (Å²) in [5.41, 5.74) is 2.86. The van der Waals surface area contributed by atoms with E-state index in [1.165, 1.54) is 6.42 Å². The molecule has 1 fully saturated rings. The zero-order chi connectivity index (χ0) is 17.0. The van der Waals surface area contributed by atoms with Gasteiger partial charge in [0.2, 0.25) is 5.91 Å². The second-order valence-electron chi connectivity index (χ2n) is 6.88. The summed E-state index contributed by atoms with van der Waals surface area (Å²) in [6, 6.07) is 5.19. The van der Waals surface area contributed by atoms with Crippen molar-refractivity contribution in [1.82, 2.24) is 10.2 Å². The third kappa shape index (κ3) is 4.34. The zero-order valence-electron chi connectivity index (χ0n) is 14.7. The van der Waals surface area contributed by atoms with Gasteiger partial charge in [-0.1, -0.05) is 19.9 Å². The van der Waals surface area contributed by atoms with Crippen molar-refractivity contribution in [2.45, 2.75) is 53.0 Å². The SMILES string of the molecule is Cc1ccc(C(=O)N[C@H](C(=O)N2CCCCC2)C(C)C)cc1C. The highest BCUT2D eigenvalue weighted by Gasteiger charge is 2.29. The molecule has 4 nitrogen and oxygen atoms in total. The van der Waals surface area contributed by atoms with E-state index in [1.54, 1.807) is 0 Å². The lowest BCUT2D eigenvalue weighted by atomic mass is 10.00. The zero-order valence-corrected chi connectivity index (χ0v) is 14.7. The third-order valence-corrected chi connectivity index (χ3v) is 4.66. The van der Waals surface area contributed by atoms with E-state index < -0.39 is 6.04 Å². The predicted octanol–water partition coefficient (Wildman–Crippen LogP) is 3.07. The lowest BCUT2D eigenvalue weighted by molar-refractivity contribution is -0.135. The third-order valence-electron chi connectivity index (χ3n) is 4.66. The quantitative estimate of drug-likeness (QED) is 0.928. The Hall–Kier alpha value is -1.84. The van der Waals surface area contributed by atoms with Crippen LogP contribution in [0.4, 0.5) is 0 Å². The number of piperidine rings is 1. The summed E-state index contributed by atoms with van der Waals surface area (Å²) in [5, 5.41) is 2.95. The van der Waals surface area contributed by atoms with E-state index >= 15 is 0 Å². The summed E-state index contributed by atoms with van der Waals surface area (Å²) in [5.74, 6) is -0.0473. The Morgan fingerprint density at radius 1 is 1.04 bits per heavy atom. The van der Waals surface area contributed by atoms with Gasteiger partial charge in [0.1, 0.15) is 6.04 Å². The van der Waals surface area contributed by atoms with Crippen LogP contribution in [0.3, 0.4) is 0 Å². The van der Waals surface area contributed by atoms with Gasteiger partial charge in [-0.05, 0) is 62.3 Å². The second-order valence-corrected chi connectivity index (χ2v) is 6.88. The molecule has 0 bridgehead atoms. The van der Waals surface area contributed by atoms with Crippen LogP contribution in [0.15, 0.2) is 18.2 Å². The first-order chi connectivity index (χ1) is 10.9. The molecule has 0 radical (unpaired) electrons. The number of rotatable bonds is 4. The summed E-state index contributed by atoms with van der Waals surface area (Å²) in [7, 11) is 0. The van der Waals surface area contributed by atoms with Gasteiger partial charge >= 0.3 is 0 Å². The number of benzene rings is 1. The maximum atomic E-state index is 12.7. The Bertz CT molecular complexity index is 575. The van der Waals surface area contributed by atoms with Crippen molar-refractivity contribution in [3.63, 3.8) is 0 Å². The van der Waals surface area contributed by atoms with Crippen LogP contribution in [-0.2, 0) is 4.79 Å². The maximum Gasteiger partial charge on any atom is 0.251 e. The Morgan fingerprint density at radius 2 is 1.70 bits per heavy atom. The minimum absolute atomic E-state index is 0.0527. The van der Waals surface area contributed by atoms with Crippen LogP contribution in [-0.4, -0.2) is 35.8 Å². The number of hydrogen-bond donors (Lipinski definition) is 1. The molecule has 0 aliphatic carbocycles. The van der Waals surface area contributed by atoms with Gasteiger partial charge in [0.15, 0.2) is 0 Å². The van der Waals surface area contributed by atoms with Crippen molar-refractivity contribution in [1.29, 1.82) is 0 Å². The molecule has 1 N–H and O–H groups in total. The van der Waals surface area contributed by atoms with Gasteiger partial charge in [-0.2, -0.15) is 0 Å². The lowest BCUT2D eigenvalue weighted by Crippen LogP contribution is -2.52. The van der Waals surface area contributed by atoms with E-state index in [0.29, 0.717) is 5.56 Å². The van der Waals surface area contributed by atoms with Crippen LogP contribution >= 0.6 is 0 Å².